The molecule has 2 nitrogen and oxygen atoms in total. The minimum absolute atomic E-state index is 0.0672. The maximum atomic E-state index is 5.03. The topological polar surface area (TPSA) is 24.9 Å². The molecule has 120 valence electrons. The van der Waals surface area contributed by atoms with Crippen LogP contribution < -0.4 is 5.32 Å². The van der Waals surface area contributed by atoms with Gasteiger partial charge in [-0.2, -0.15) is 0 Å². The van der Waals surface area contributed by atoms with Crippen molar-refractivity contribution in [1.82, 2.24) is 10.3 Å². The molecule has 0 radical (unpaired) electrons. The Kier molecular flexibility index (Phi) is 5.23. The van der Waals surface area contributed by atoms with Crippen LogP contribution in [-0.2, 0) is 12.0 Å². The van der Waals surface area contributed by atoms with E-state index in [1.807, 2.05) is 0 Å². The molecule has 0 aliphatic heterocycles. The average molecular weight is 298 g/mol. The molecule has 0 fully saturated rings. The summed E-state index contributed by atoms with van der Waals surface area (Å²) in [5.74, 6) is 0.489. The van der Waals surface area contributed by atoms with Gasteiger partial charge in [-0.3, -0.25) is 4.98 Å². The van der Waals surface area contributed by atoms with Crippen molar-refractivity contribution >= 4 is 10.9 Å². The Labute approximate surface area is 135 Å². The molecule has 0 spiro atoms. The third kappa shape index (κ3) is 3.67. The number of pyridine rings is 1. The van der Waals surface area contributed by atoms with E-state index in [0.29, 0.717) is 5.92 Å². The predicted molar refractivity (Wildman–Crippen MR) is 96.5 cm³/mol. The number of benzene rings is 1. The molecule has 0 aliphatic carbocycles. The molecule has 1 aromatic heterocycles. The van der Waals surface area contributed by atoms with Crippen LogP contribution in [0.25, 0.3) is 10.9 Å². The molecule has 0 bridgehead atoms. The zero-order valence-corrected chi connectivity index (χ0v) is 15.0. The summed E-state index contributed by atoms with van der Waals surface area (Å²) in [6.45, 7) is 15.4. The highest BCUT2D eigenvalue weighted by atomic mass is 14.8. The number of fused-ring (bicyclic) bond motifs is 1. The lowest BCUT2D eigenvalue weighted by molar-refractivity contribution is 0.569. The van der Waals surface area contributed by atoms with Gasteiger partial charge in [-0.1, -0.05) is 59.7 Å². The van der Waals surface area contributed by atoms with E-state index < -0.39 is 0 Å². The first-order valence-electron chi connectivity index (χ1n) is 8.48. The van der Waals surface area contributed by atoms with Crippen molar-refractivity contribution in [2.45, 2.75) is 65.8 Å². The minimum Gasteiger partial charge on any atom is -0.313 e. The Morgan fingerprint density at radius 2 is 1.91 bits per heavy atom. The van der Waals surface area contributed by atoms with E-state index in [0.717, 1.165) is 19.5 Å². The number of hydrogen-bond donors (Lipinski definition) is 1. The summed E-state index contributed by atoms with van der Waals surface area (Å²) in [5.41, 5.74) is 5.14. The lowest BCUT2D eigenvalue weighted by atomic mass is 9.88. The molecule has 0 atom stereocenters. The smallest absolute Gasteiger partial charge is 0.0743 e. The van der Waals surface area contributed by atoms with Crippen molar-refractivity contribution in [3.63, 3.8) is 0 Å². The van der Waals surface area contributed by atoms with Crippen LogP contribution >= 0.6 is 0 Å². The molecule has 2 heteroatoms. The van der Waals surface area contributed by atoms with Gasteiger partial charge in [0.25, 0.3) is 0 Å². The van der Waals surface area contributed by atoms with Crippen LogP contribution in [0.15, 0.2) is 24.3 Å². The largest absolute Gasteiger partial charge is 0.313 e. The molecule has 1 N–H and O–H groups in total. The Balaban J connectivity index is 2.62. The molecular formula is C20H30N2. The molecule has 0 amide bonds. The van der Waals surface area contributed by atoms with Crippen LogP contribution in [0.4, 0.5) is 0 Å². The second-order valence-electron chi connectivity index (χ2n) is 7.49. The minimum atomic E-state index is 0.0672. The van der Waals surface area contributed by atoms with Crippen LogP contribution in [0.1, 0.15) is 70.7 Å². The highest BCUT2D eigenvalue weighted by Gasteiger charge is 2.19. The zero-order valence-electron chi connectivity index (χ0n) is 15.0. The van der Waals surface area contributed by atoms with Crippen molar-refractivity contribution in [3.8, 4) is 0 Å². The normalized spacial score (nSPS) is 12.3. The van der Waals surface area contributed by atoms with Gasteiger partial charge < -0.3 is 5.32 Å². The number of hydrogen-bond acceptors (Lipinski definition) is 2. The second-order valence-corrected chi connectivity index (χ2v) is 7.49. The highest BCUT2D eigenvalue weighted by molar-refractivity contribution is 5.86. The van der Waals surface area contributed by atoms with Gasteiger partial charge in [0, 0.05) is 23.0 Å². The molecule has 0 saturated heterocycles. The van der Waals surface area contributed by atoms with E-state index >= 15 is 0 Å². The molecule has 0 saturated carbocycles. The molecular weight excluding hydrogens is 268 g/mol. The highest BCUT2D eigenvalue weighted by Crippen LogP contribution is 2.30. The fourth-order valence-corrected chi connectivity index (χ4v) is 2.74. The van der Waals surface area contributed by atoms with Crippen molar-refractivity contribution in [2.75, 3.05) is 6.54 Å². The first kappa shape index (κ1) is 17.0. The maximum absolute atomic E-state index is 5.03. The van der Waals surface area contributed by atoms with Crippen molar-refractivity contribution in [2.24, 2.45) is 0 Å². The standard InChI is InChI=1S/C20H30N2/c1-7-11-21-13-15-12-18(20(4,5)6)22-19-16(14(2)3)9-8-10-17(15)19/h8-10,12,14,21H,7,11,13H2,1-6H3. The lowest BCUT2D eigenvalue weighted by Gasteiger charge is -2.22. The average Bonchev–Trinajstić information content (AvgIpc) is 2.45. The maximum Gasteiger partial charge on any atom is 0.0743 e. The SMILES string of the molecule is CCCNCc1cc(C(C)(C)C)nc2c(C(C)C)cccc12. The van der Waals surface area contributed by atoms with Gasteiger partial charge in [-0.05, 0) is 36.1 Å². The number of rotatable bonds is 5. The summed E-state index contributed by atoms with van der Waals surface area (Å²) in [5, 5.41) is 4.84. The number of aromatic nitrogens is 1. The third-order valence-electron chi connectivity index (χ3n) is 4.09. The fraction of sp³-hybridized carbons (Fsp3) is 0.550. The summed E-state index contributed by atoms with van der Waals surface area (Å²) in [6, 6.07) is 8.88. The predicted octanol–water partition coefficient (Wildman–Crippen LogP) is 5.16. The van der Waals surface area contributed by atoms with E-state index in [1.165, 1.54) is 27.7 Å². The van der Waals surface area contributed by atoms with Crippen LogP contribution in [0.2, 0.25) is 0 Å². The quantitative estimate of drug-likeness (QED) is 0.772. The summed E-state index contributed by atoms with van der Waals surface area (Å²) in [6.07, 6.45) is 1.16. The van der Waals surface area contributed by atoms with E-state index in [9.17, 15) is 0 Å². The lowest BCUT2D eigenvalue weighted by Crippen LogP contribution is -2.18. The summed E-state index contributed by atoms with van der Waals surface area (Å²) in [7, 11) is 0. The summed E-state index contributed by atoms with van der Waals surface area (Å²) >= 11 is 0. The van der Waals surface area contributed by atoms with Gasteiger partial charge >= 0.3 is 0 Å². The first-order valence-corrected chi connectivity index (χ1v) is 8.48. The molecule has 1 aromatic carbocycles. The molecule has 22 heavy (non-hydrogen) atoms. The Bertz CT molecular complexity index is 636. The fourth-order valence-electron chi connectivity index (χ4n) is 2.74. The summed E-state index contributed by atoms with van der Waals surface area (Å²) < 4.78 is 0. The van der Waals surface area contributed by atoms with Gasteiger partial charge in [0.1, 0.15) is 0 Å². The monoisotopic (exact) mass is 298 g/mol. The number of nitrogens with zero attached hydrogens (tertiary/aromatic N) is 1. The van der Waals surface area contributed by atoms with Crippen LogP contribution in [0, 0.1) is 0 Å². The summed E-state index contributed by atoms with van der Waals surface area (Å²) in [4.78, 5) is 5.03. The van der Waals surface area contributed by atoms with Crippen molar-refractivity contribution in [1.29, 1.82) is 0 Å². The van der Waals surface area contributed by atoms with Gasteiger partial charge in [-0.25, -0.2) is 0 Å². The van der Waals surface area contributed by atoms with Crippen molar-refractivity contribution < 1.29 is 0 Å². The zero-order chi connectivity index (χ0) is 16.3. The molecule has 2 aromatic rings. The van der Waals surface area contributed by atoms with Gasteiger partial charge in [0.2, 0.25) is 0 Å². The first-order chi connectivity index (χ1) is 10.3. The number of para-hydroxylation sites is 1. The Morgan fingerprint density at radius 3 is 2.50 bits per heavy atom. The van der Waals surface area contributed by atoms with Crippen molar-refractivity contribution in [3.05, 3.63) is 41.1 Å². The van der Waals surface area contributed by atoms with Gasteiger partial charge in [0.15, 0.2) is 0 Å². The molecule has 0 aliphatic rings. The van der Waals surface area contributed by atoms with E-state index in [4.69, 9.17) is 4.98 Å². The Hall–Kier alpha value is -1.41. The third-order valence-corrected chi connectivity index (χ3v) is 4.09. The van der Waals surface area contributed by atoms with Crippen LogP contribution in [-0.4, -0.2) is 11.5 Å². The van der Waals surface area contributed by atoms with E-state index in [2.05, 4.69) is 71.1 Å². The van der Waals surface area contributed by atoms with Gasteiger partial charge in [0.05, 0.1) is 5.52 Å². The van der Waals surface area contributed by atoms with E-state index in [-0.39, 0.29) is 5.41 Å². The van der Waals surface area contributed by atoms with Crippen LogP contribution in [0.3, 0.4) is 0 Å². The second kappa shape index (κ2) is 6.78. The molecule has 1 heterocycles. The van der Waals surface area contributed by atoms with Crippen LogP contribution in [0.5, 0.6) is 0 Å². The van der Waals surface area contributed by atoms with E-state index in [1.54, 1.807) is 0 Å². The molecule has 0 unspecified atom stereocenters. The molecule has 2 rings (SSSR count). The number of nitrogens with one attached hydrogen (secondary N) is 1. The van der Waals surface area contributed by atoms with Gasteiger partial charge in [-0.15, -0.1) is 0 Å². The Morgan fingerprint density at radius 1 is 1.18 bits per heavy atom.